The Morgan fingerprint density at radius 2 is 1.23 bits per heavy atom. The van der Waals surface area contributed by atoms with E-state index in [-0.39, 0.29) is 11.3 Å². The zero-order valence-corrected chi connectivity index (χ0v) is 17.7. The van der Waals surface area contributed by atoms with Crippen LogP contribution in [0.2, 0.25) is 0 Å². The van der Waals surface area contributed by atoms with Gasteiger partial charge in [-0.15, -0.1) is 0 Å². The number of ether oxygens (including phenoxy) is 3. The minimum atomic E-state index is 0.145. The van der Waals surface area contributed by atoms with Crippen LogP contribution in [0, 0.1) is 5.41 Å². The van der Waals surface area contributed by atoms with Crippen LogP contribution in [-0.2, 0) is 19.0 Å². The Kier molecular flexibility index (Phi) is 17.3. The van der Waals surface area contributed by atoms with E-state index in [0.717, 1.165) is 45.4 Å². The summed E-state index contributed by atoms with van der Waals surface area (Å²) < 4.78 is 16.5. The maximum absolute atomic E-state index is 11.7. The molecule has 0 aliphatic carbocycles. The van der Waals surface area contributed by atoms with E-state index in [2.05, 4.69) is 33.0 Å². The Bertz CT molecular complexity index is 316. The van der Waals surface area contributed by atoms with Gasteiger partial charge in [0.25, 0.3) is 0 Å². The number of carbonyl (C=O) groups excluding carboxylic acids is 1. The lowest BCUT2D eigenvalue weighted by molar-refractivity contribution is -0.121. The molecule has 0 unspecified atom stereocenters. The molecule has 156 valence electrons. The topological polar surface area (TPSA) is 56.8 Å². The molecule has 0 aliphatic heterocycles. The maximum atomic E-state index is 11.7. The van der Waals surface area contributed by atoms with E-state index in [0.29, 0.717) is 32.8 Å². The lowest BCUT2D eigenvalue weighted by Gasteiger charge is -2.18. The summed E-state index contributed by atoms with van der Waals surface area (Å²) in [5, 5.41) is 2.98. The molecular weight excluding hydrogens is 330 g/mol. The van der Waals surface area contributed by atoms with Crippen molar-refractivity contribution in [3.05, 3.63) is 0 Å². The fourth-order valence-corrected chi connectivity index (χ4v) is 2.29. The number of nitrogens with one attached hydrogen (secondary N) is 1. The molecule has 0 rings (SSSR count). The quantitative estimate of drug-likeness (QED) is 0.363. The van der Waals surface area contributed by atoms with Gasteiger partial charge in [-0.05, 0) is 24.7 Å². The molecular formula is C21H43NO4. The first-order chi connectivity index (χ1) is 12.5. The lowest BCUT2D eigenvalue weighted by atomic mass is 9.97. The summed E-state index contributed by atoms with van der Waals surface area (Å²) in [6.45, 7) is 13.4. The average molecular weight is 374 g/mol. The third-order valence-corrected chi connectivity index (χ3v) is 3.89. The monoisotopic (exact) mass is 373 g/mol. The molecule has 5 heteroatoms. The highest BCUT2D eigenvalue weighted by molar-refractivity contribution is 5.75. The molecule has 0 saturated heterocycles. The summed E-state index contributed by atoms with van der Waals surface area (Å²) in [7, 11) is 0. The first-order valence-corrected chi connectivity index (χ1v) is 10.5. The fraction of sp³-hybridized carbons (Fsp3) is 0.952. The van der Waals surface area contributed by atoms with Crippen molar-refractivity contribution in [1.29, 1.82) is 0 Å². The molecule has 0 aromatic rings. The van der Waals surface area contributed by atoms with Gasteiger partial charge in [-0.1, -0.05) is 53.4 Å². The largest absolute Gasteiger partial charge is 0.379 e. The van der Waals surface area contributed by atoms with Crippen LogP contribution in [0.1, 0.15) is 79.1 Å². The van der Waals surface area contributed by atoms with Crippen LogP contribution in [0.5, 0.6) is 0 Å². The summed E-state index contributed by atoms with van der Waals surface area (Å²) in [4.78, 5) is 11.7. The molecule has 0 heterocycles. The number of amides is 1. The van der Waals surface area contributed by atoms with Gasteiger partial charge in [0.1, 0.15) is 0 Å². The number of unbranched alkanes of at least 4 members (excludes halogenated alkanes) is 5. The van der Waals surface area contributed by atoms with Gasteiger partial charge in [-0.25, -0.2) is 0 Å². The van der Waals surface area contributed by atoms with E-state index in [9.17, 15) is 4.79 Å². The molecule has 26 heavy (non-hydrogen) atoms. The predicted molar refractivity (Wildman–Crippen MR) is 108 cm³/mol. The standard InChI is InChI=1S/C21H43NO4/c1-5-6-7-10-13-24-15-17-26-18-16-25-14-11-8-9-12-20(23)22-19-21(2,3)4/h5-19H2,1-4H3,(H,22,23). The summed E-state index contributed by atoms with van der Waals surface area (Å²) in [5.41, 5.74) is 0.145. The molecule has 0 fully saturated rings. The summed E-state index contributed by atoms with van der Waals surface area (Å²) in [5.74, 6) is 0.154. The first-order valence-electron chi connectivity index (χ1n) is 10.5. The Hall–Kier alpha value is -0.650. The van der Waals surface area contributed by atoms with Crippen molar-refractivity contribution >= 4 is 5.91 Å². The predicted octanol–water partition coefficient (Wildman–Crippen LogP) is 4.34. The van der Waals surface area contributed by atoms with Crippen LogP contribution >= 0.6 is 0 Å². The lowest BCUT2D eigenvalue weighted by Crippen LogP contribution is -2.32. The fourth-order valence-electron chi connectivity index (χ4n) is 2.29. The first kappa shape index (κ1) is 25.4. The molecule has 0 aliphatic rings. The summed E-state index contributed by atoms with van der Waals surface area (Å²) in [6, 6.07) is 0. The SMILES string of the molecule is CCCCCCOCCOCCOCCCCCC(=O)NCC(C)(C)C. The van der Waals surface area contributed by atoms with Gasteiger partial charge in [0, 0.05) is 26.2 Å². The number of carbonyl (C=O) groups is 1. The minimum absolute atomic E-state index is 0.145. The van der Waals surface area contributed by atoms with Crippen LogP contribution < -0.4 is 5.32 Å². The zero-order chi connectivity index (χ0) is 19.5. The minimum Gasteiger partial charge on any atom is -0.379 e. The van der Waals surface area contributed by atoms with Crippen LogP contribution in [-0.4, -0.2) is 52.1 Å². The highest BCUT2D eigenvalue weighted by Gasteiger charge is 2.11. The van der Waals surface area contributed by atoms with Crippen molar-refractivity contribution < 1.29 is 19.0 Å². The maximum Gasteiger partial charge on any atom is 0.220 e. The van der Waals surface area contributed by atoms with E-state index >= 15 is 0 Å². The van der Waals surface area contributed by atoms with Gasteiger partial charge in [0.05, 0.1) is 26.4 Å². The van der Waals surface area contributed by atoms with Crippen LogP contribution in [0.25, 0.3) is 0 Å². The van der Waals surface area contributed by atoms with E-state index in [1.165, 1.54) is 19.3 Å². The Balaban J connectivity index is 3.14. The molecule has 0 spiro atoms. The van der Waals surface area contributed by atoms with Crippen molar-refractivity contribution in [2.45, 2.75) is 79.1 Å². The molecule has 0 saturated carbocycles. The Labute approximate surface area is 161 Å². The molecule has 1 N–H and O–H groups in total. The summed E-state index contributed by atoms with van der Waals surface area (Å²) in [6.07, 6.45) is 8.51. The second kappa shape index (κ2) is 17.7. The normalized spacial score (nSPS) is 11.7. The molecule has 5 nitrogen and oxygen atoms in total. The van der Waals surface area contributed by atoms with Gasteiger partial charge in [-0.3, -0.25) is 4.79 Å². The zero-order valence-electron chi connectivity index (χ0n) is 17.7. The van der Waals surface area contributed by atoms with E-state index in [1.54, 1.807) is 0 Å². The van der Waals surface area contributed by atoms with Crippen molar-refractivity contribution in [3.8, 4) is 0 Å². The van der Waals surface area contributed by atoms with Crippen molar-refractivity contribution in [3.63, 3.8) is 0 Å². The van der Waals surface area contributed by atoms with Crippen LogP contribution in [0.3, 0.4) is 0 Å². The van der Waals surface area contributed by atoms with Crippen molar-refractivity contribution in [1.82, 2.24) is 5.32 Å². The average Bonchev–Trinajstić information content (AvgIpc) is 2.59. The van der Waals surface area contributed by atoms with Gasteiger partial charge in [0.2, 0.25) is 5.91 Å². The third-order valence-electron chi connectivity index (χ3n) is 3.89. The van der Waals surface area contributed by atoms with Crippen molar-refractivity contribution in [2.75, 3.05) is 46.2 Å². The molecule has 0 bridgehead atoms. The van der Waals surface area contributed by atoms with Crippen molar-refractivity contribution in [2.24, 2.45) is 5.41 Å². The number of hydrogen-bond donors (Lipinski definition) is 1. The van der Waals surface area contributed by atoms with Gasteiger partial charge >= 0.3 is 0 Å². The van der Waals surface area contributed by atoms with Gasteiger partial charge < -0.3 is 19.5 Å². The molecule has 0 radical (unpaired) electrons. The smallest absolute Gasteiger partial charge is 0.220 e. The summed E-state index contributed by atoms with van der Waals surface area (Å²) >= 11 is 0. The van der Waals surface area contributed by atoms with E-state index < -0.39 is 0 Å². The Morgan fingerprint density at radius 3 is 1.73 bits per heavy atom. The highest BCUT2D eigenvalue weighted by atomic mass is 16.5. The van der Waals surface area contributed by atoms with Gasteiger partial charge in [-0.2, -0.15) is 0 Å². The second-order valence-corrected chi connectivity index (χ2v) is 8.05. The molecule has 0 aromatic heterocycles. The Morgan fingerprint density at radius 1 is 0.731 bits per heavy atom. The molecule has 0 atom stereocenters. The van der Waals surface area contributed by atoms with E-state index in [1.807, 2.05) is 0 Å². The molecule has 1 amide bonds. The molecule has 0 aromatic carbocycles. The van der Waals surface area contributed by atoms with E-state index in [4.69, 9.17) is 14.2 Å². The van der Waals surface area contributed by atoms with Crippen LogP contribution in [0.4, 0.5) is 0 Å². The van der Waals surface area contributed by atoms with Gasteiger partial charge in [0.15, 0.2) is 0 Å². The number of rotatable bonds is 18. The van der Waals surface area contributed by atoms with Crippen LogP contribution in [0.15, 0.2) is 0 Å². The highest BCUT2D eigenvalue weighted by Crippen LogP contribution is 2.10. The number of hydrogen-bond acceptors (Lipinski definition) is 4. The second-order valence-electron chi connectivity index (χ2n) is 8.05. The third kappa shape index (κ3) is 21.4.